The van der Waals surface area contributed by atoms with Crippen LogP contribution in [0.3, 0.4) is 0 Å². The Morgan fingerprint density at radius 2 is 1.67 bits per heavy atom. The maximum Gasteiger partial charge on any atom is 0.0542 e. The van der Waals surface area contributed by atoms with Gasteiger partial charge in [0, 0.05) is 6.61 Å². The van der Waals surface area contributed by atoms with Crippen LogP contribution in [0.5, 0.6) is 0 Å². The van der Waals surface area contributed by atoms with Crippen LogP contribution < -0.4 is 0 Å². The Labute approximate surface area is 75.6 Å². The van der Waals surface area contributed by atoms with Crippen molar-refractivity contribution in [2.24, 2.45) is 11.8 Å². The lowest BCUT2D eigenvalue weighted by atomic mass is 9.98. The van der Waals surface area contributed by atoms with E-state index in [0.717, 1.165) is 19.3 Å². The summed E-state index contributed by atoms with van der Waals surface area (Å²) < 4.78 is 0. The number of rotatable bonds is 6. The summed E-state index contributed by atoms with van der Waals surface area (Å²) in [7, 11) is 0. The molecule has 2 nitrogen and oxygen atoms in total. The second-order valence-electron chi connectivity index (χ2n) is 4.15. The Hall–Kier alpha value is -0.0800. The molecule has 2 atom stereocenters. The first-order valence-corrected chi connectivity index (χ1v) is 4.85. The van der Waals surface area contributed by atoms with Crippen molar-refractivity contribution in [1.82, 2.24) is 0 Å². The Bertz CT molecular complexity index is 102. The smallest absolute Gasteiger partial charge is 0.0542 e. The van der Waals surface area contributed by atoms with E-state index in [1.54, 1.807) is 0 Å². The van der Waals surface area contributed by atoms with Gasteiger partial charge in [0.1, 0.15) is 0 Å². The lowest BCUT2D eigenvalue weighted by molar-refractivity contribution is 0.124. The normalized spacial score (nSPS) is 16.5. The van der Waals surface area contributed by atoms with E-state index >= 15 is 0 Å². The van der Waals surface area contributed by atoms with E-state index in [2.05, 4.69) is 13.8 Å². The SMILES string of the molecule is CC(C)CC(O)CCC(C)CO. The molecular weight excluding hydrogens is 152 g/mol. The summed E-state index contributed by atoms with van der Waals surface area (Å²) in [5.74, 6) is 0.885. The number of aliphatic hydroxyl groups excluding tert-OH is 2. The van der Waals surface area contributed by atoms with Gasteiger partial charge in [-0.2, -0.15) is 0 Å². The minimum Gasteiger partial charge on any atom is -0.396 e. The van der Waals surface area contributed by atoms with Gasteiger partial charge in [0.05, 0.1) is 6.10 Å². The monoisotopic (exact) mass is 174 g/mol. The van der Waals surface area contributed by atoms with E-state index in [1.807, 2.05) is 6.92 Å². The maximum atomic E-state index is 9.48. The molecule has 0 aliphatic heterocycles. The van der Waals surface area contributed by atoms with Crippen molar-refractivity contribution in [1.29, 1.82) is 0 Å². The van der Waals surface area contributed by atoms with E-state index in [-0.39, 0.29) is 12.7 Å². The van der Waals surface area contributed by atoms with Crippen molar-refractivity contribution in [3.05, 3.63) is 0 Å². The lowest BCUT2D eigenvalue weighted by Gasteiger charge is -2.14. The average molecular weight is 174 g/mol. The van der Waals surface area contributed by atoms with E-state index in [4.69, 9.17) is 5.11 Å². The molecule has 0 amide bonds. The molecule has 0 aliphatic carbocycles. The predicted molar refractivity (Wildman–Crippen MR) is 50.9 cm³/mol. The third-order valence-electron chi connectivity index (χ3n) is 2.05. The quantitative estimate of drug-likeness (QED) is 0.644. The van der Waals surface area contributed by atoms with Crippen LogP contribution in [0, 0.1) is 11.8 Å². The number of hydrogen-bond acceptors (Lipinski definition) is 2. The van der Waals surface area contributed by atoms with Crippen LogP contribution in [0.4, 0.5) is 0 Å². The maximum absolute atomic E-state index is 9.48. The summed E-state index contributed by atoms with van der Waals surface area (Å²) in [6.07, 6.45) is 2.43. The van der Waals surface area contributed by atoms with E-state index in [0.29, 0.717) is 11.8 Å². The molecule has 2 unspecified atom stereocenters. The van der Waals surface area contributed by atoms with Crippen LogP contribution in [0.1, 0.15) is 40.0 Å². The zero-order valence-corrected chi connectivity index (χ0v) is 8.45. The number of aliphatic hydroxyl groups is 2. The van der Waals surface area contributed by atoms with E-state index < -0.39 is 0 Å². The molecule has 0 rings (SSSR count). The zero-order chi connectivity index (χ0) is 9.56. The van der Waals surface area contributed by atoms with Crippen LogP contribution in [-0.4, -0.2) is 22.9 Å². The van der Waals surface area contributed by atoms with Crippen LogP contribution >= 0.6 is 0 Å². The first kappa shape index (κ1) is 11.9. The van der Waals surface area contributed by atoms with E-state index in [9.17, 15) is 5.11 Å². The van der Waals surface area contributed by atoms with Crippen molar-refractivity contribution in [2.45, 2.75) is 46.1 Å². The second-order valence-corrected chi connectivity index (χ2v) is 4.15. The summed E-state index contributed by atoms with van der Waals surface area (Å²) in [5, 5.41) is 18.2. The Morgan fingerprint density at radius 1 is 1.08 bits per heavy atom. The van der Waals surface area contributed by atoms with Crippen LogP contribution in [0.15, 0.2) is 0 Å². The zero-order valence-electron chi connectivity index (χ0n) is 8.45. The molecule has 0 aliphatic rings. The topological polar surface area (TPSA) is 40.5 Å². The summed E-state index contributed by atoms with van der Waals surface area (Å²) in [6.45, 7) is 6.45. The molecule has 74 valence electrons. The van der Waals surface area contributed by atoms with Gasteiger partial charge < -0.3 is 10.2 Å². The fourth-order valence-electron chi connectivity index (χ4n) is 1.23. The molecule has 0 aromatic carbocycles. The highest BCUT2D eigenvalue weighted by Gasteiger charge is 2.08. The average Bonchev–Trinajstić information content (AvgIpc) is 1.99. The standard InChI is InChI=1S/C10H22O2/c1-8(2)6-10(12)5-4-9(3)7-11/h8-12H,4-7H2,1-3H3. The van der Waals surface area contributed by atoms with Gasteiger partial charge >= 0.3 is 0 Å². The van der Waals surface area contributed by atoms with Gasteiger partial charge in [0.25, 0.3) is 0 Å². The summed E-state index contributed by atoms with van der Waals surface area (Å²) >= 11 is 0. The Kier molecular flexibility index (Phi) is 6.39. The molecule has 0 radical (unpaired) electrons. The van der Waals surface area contributed by atoms with Gasteiger partial charge in [-0.1, -0.05) is 20.8 Å². The largest absolute Gasteiger partial charge is 0.396 e. The molecule has 0 bridgehead atoms. The fourth-order valence-corrected chi connectivity index (χ4v) is 1.23. The van der Waals surface area contributed by atoms with E-state index in [1.165, 1.54) is 0 Å². The lowest BCUT2D eigenvalue weighted by Crippen LogP contribution is -2.12. The Morgan fingerprint density at radius 3 is 2.08 bits per heavy atom. The summed E-state index contributed by atoms with van der Waals surface area (Å²) in [4.78, 5) is 0. The van der Waals surface area contributed by atoms with Gasteiger partial charge in [-0.05, 0) is 31.1 Å². The highest BCUT2D eigenvalue weighted by atomic mass is 16.3. The fraction of sp³-hybridized carbons (Fsp3) is 1.00. The highest BCUT2D eigenvalue weighted by Crippen LogP contribution is 2.13. The van der Waals surface area contributed by atoms with Crippen molar-refractivity contribution in [3.8, 4) is 0 Å². The van der Waals surface area contributed by atoms with Gasteiger partial charge in [-0.15, -0.1) is 0 Å². The molecule has 12 heavy (non-hydrogen) atoms. The summed E-state index contributed by atoms with van der Waals surface area (Å²) in [6, 6.07) is 0. The van der Waals surface area contributed by atoms with Gasteiger partial charge in [0.15, 0.2) is 0 Å². The van der Waals surface area contributed by atoms with Crippen molar-refractivity contribution >= 4 is 0 Å². The van der Waals surface area contributed by atoms with Gasteiger partial charge in [-0.3, -0.25) is 0 Å². The molecule has 2 N–H and O–H groups in total. The summed E-state index contributed by atoms with van der Waals surface area (Å²) in [5.41, 5.74) is 0. The molecule has 0 aromatic rings. The van der Waals surface area contributed by atoms with Crippen molar-refractivity contribution in [2.75, 3.05) is 6.61 Å². The molecular formula is C10H22O2. The predicted octanol–water partition coefficient (Wildman–Crippen LogP) is 1.80. The van der Waals surface area contributed by atoms with Gasteiger partial charge in [0.2, 0.25) is 0 Å². The second kappa shape index (κ2) is 6.44. The van der Waals surface area contributed by atoms with Crippen molar-refractivity contribution in [3.63, 3.8) is 0 Å². The van der Waals surface area contributed by atoms with Gasteiger partial charge in [-0.25, -0.2) is 0 Å². The van der Waals surface area contributed by atoms with Crippen LogP contribution in [0.2, 0.25) is 0 Å². The minimum absolute atomic E-state index is 0.181. The van der Waals surface area contributed by atoms with Crippen LogP contribution in [0.25, 0.3) is 0 Å². The van der Waals surface area contributed by atoms with Crippen molar-refractivity contribution < 1.29 is 10.2 Å². The first-order chi connectivity index (χ1) is 5.56. The molecule has 2 heteroatoms. The molecule has 0 saturated heterocycles. The third-order valence-corrected chi connectivity index (χ3v) is 2.05. The molecule has 0 fully saturated rings. The third kappa shape index (κ3) is 6.62. The number of hydrogen-bond donors (Lipinski definition) is 2. The molecule has 0 aromatic heterocycles. The minimum atomic E-state index is -0.181. The first-order valence-electron chi connectivity index (χ1n) is 4.85. The highest BCUT2D eigenvalue weighted by molar-refractivity contribution is 4.61. The molecule has 0 saturated carbocycles. The van der Waals surface area contributed by atoms with Crippen LogP contribution in [-0.2, 0) is 0 Å². The molecule has 0 heterocycles. The Balaban J connectivity index is 3.36. The molecule has 0 spiro atoms.